The summed E-state index contributed by atoms with van der Waals surface area (Å²) in [5.41, 5.74) is 0.798. The van der Waals surface area contributed by atoms with Gasteiger partial charge in [0.1, 0.15) is 0 Å². The number of aliphatic hydroxyl groups is 1. The highest BCUT2D eigenvalue weighted by atomic mass is 32.1. The number of thiazole rings is 1. The summed E-state index contributed by atoms with van der Waals surface area (Å²) in [5, 5.41) is 12.1. The summed E-state index contributed by atoms with van der Waals surface area (Å²) in [7, 11) is 4.35. The molecule has 0 aliphatic carbocycles. The minimum absolute atomic E-state index is 0.0525. The summed E-state index contributed by atoms with van der Waals surface area (Å²) in [5.74, 6) is 0. The second-order valence-electron chi connectivity index (χ2n) is 4.49. The van der Waals surface area contributed by atoms with Crippen molar-refractivity contribution in [1.82, 2.24) is 14.8 Å². The first-order valence-electron chi connectivity index (χ1n) is 5.62. The molecule has 0 bridgehead atoms. The van der Waals surface area contributed by atoms with Gasteiger partial charge in [0.25, 0.3) is 0 Å². The summed E-state index contributed by atoms with van der Waals surface area (Å²) in [6.07, 6.45) is 0.992. The third kappa shape index (κ3) is 2.79. The third-order valence-corrected chi connectivity index (χ3v) is 4.07. The Bertz CT molecular complexity index is 342. The molecule has 0 amide bonds. The standard InChI is InChI=1S/C11H19N3OS/c1-13-3-4-14(2)10(6-13)5-11-12-9(7-15)8-16-11/h8,10,15H,3-7H2,1-2H3. The van der Waals surface area contributed by atoms with E-state index in [0.717, 1.165) is 36.8 Å². The Morgan fingerprint density at radius 3 is 3.00 bits per heavy atom. The molecule has 0 aromatic carbocycles. The van der Waals surface area contributed by atoms with Gasteiger partial charge in [0, 0.05) is 37.5 Å². The van der Waals surface area contributed by atoms with Gasteiger partial charge in [-0.25, -0.2) is 4.98 Å². The van der Waals surface area contributed by atoms with Crippen molar-refractivity contribution in [1.29, 1.82) is 0 Å². The predicted molar refractivity (Wildman–Crippen MR) is 65.7 cm³/mol. The van der Waals surface area contributed by atoms with Crippen molar-refractivity contribution in [2.45, 2.75) is 19.1 Å². The van der Waals surface area contributed by atoms with E-state index < -0.39 is 0 Å². The first-order chi connectivity index (χ1) is 7.69. The van der Waals surface area contributed by atoms with Crippen LogP contribution < -0.4 is 0 Å². The van der Waals surface area contributed by atoms with E-state index in [0.29, 0.717) is 6.04 Å². The zero-order valence-corrected chi connectivity index (χ0v) is 10.7. The molecule has 1 atom stereocenters. The van der Waals surface area contributed by atoms with Gasteiger partial charge in [-0.3, -0.25) is 0 Å². The van der Waals surface area contributed by atoms with E-state index in [-0.39, 0.29) is 6.61 Å². The van der Waals surface area contributed by atoms with Crippen molar-refractivity contribution in [2.24, 2.45) is 0 Å². The Balaban J connectivity index is 1.97. The van der Waals surface area contributed by atoms with Crippen LogP contribution in [0.2, 0.25) is 0 Å². The van der Waals surface area contributed by atoms with Gasteiger partial charge >= 0.3 is 0 Å². The van der Waals surface area contributed by atoms with Crippen LogP contribution in [0.15, 0.2) is 5.38 Å². The van der Waals surface area contributed by atoms with Gasteiger partial charge in [0.2, 0.25) is 0 Å². The molecular formula is C11H19N3OS. The minimum atomic E-state index is 0.0525. The maximum atomic E-state index is 8.98. The highest BCUT2D eigenvalue weighted by Crippen LogP contribution is 2.16. The fraction of sp³-hybridized carbons (Fsp3) is 0.727. The summed E-state index contributed by atoms with van der Waals surface area (Å²) in [4.78, 5) is 9.17. The maximum Gasteiger partial charge on any atom is 0.0945 e. The van der Waals surface area contributed by atoms with Gasteiger partial charge in [-0.2, -0.15) is 0 Å². The van der Waals surface area contributed by atoms with Gasteiger partial charge < -0.3 is 14.9 Å². The number of piperazine rings is 1. The highest BCUT2D eigenvalue weighted by Gasteiger charge is 2.23. The molecule has 16 heavy (non-hydrogen) atoms. The quantitative estimate of drug-likeness (QED) is 0.833. The molecule has 1 aromatic rings. The second kappa shape index (κ2) is 5.23. The van der Waals surface area contributed by atoms with Crippen molar-refractivity contribution in [3.63, 3.8) is 0 Å². The predicted octanol–water partition coefficient (Wildman–Crippen LogP) is 0.424. The molecule has 2 rings (SSSR count). The van der Waals surface area contributed by atoms with Crippen LogP contribution in [0.1, 0.15) is 10.7 Å². The van der Waals surface area contributed by atoms with E-state index in [2.05, 4.69) is 28.9 Å². The van der Waals surface area contributed by atoms with Crippen LogP contribution in [0.25, 0.3) is 0 Å². The molecule has 0 spiro atoms. The van der Waals surface area contributed by atoms with Crippen molar-refractivity contribution in [2.75, 3.05) is 33.7 Å². The van der Waals surface area contributed by atoms with Crippen molar-refractivity contribution < 1.29 is 5.11 Å². The van der Waals surface area contributed by atoms with E-state index in [1.54, 1.807) is 11.3 Å². The van der Waals surface area contributed by atoms with Crippen LogP contribution in [0.5, 0.6) is 0 Å². The molecule has 1 unspecified atom stereocenters. The lowest BCUT2D eigenvalue weighted by atomic mass is 10.1. The van der Waals surface area contributed by atoms with Crippen molar-refractivity contribution in [3.05, 3.63) is 16.1 Å². The first-order valence-corrected chi connectivity index (χ1v) is 6.50. The van der Waals surface area contributed by atoms with Crippen molar-refractivity contribution in [3.8, 4) is 0 Å². The Hall–Kier alpha value is -0.490. The van der Waals surface area contributed by atoms with Crippen LogP contribution in [0.3, 0.4) is 0 Å². The van der Waals surface area contributed by atoms with Crippen LogP contribution in [-0.2, 0) is 13.0 Å². The number of hydrogen-bond acceptors (Lipinski definition) is 5. The van der Waals surface area contributed by atoms with Gasteiger partial charge in [-0.05, 0) is 14.1 Å². The summed E-state index contributed by atoms with van der Waals surface area (Å²) < 4.78 is 0. The number of aliphatic hydroxyl groups excluding tert-OH is 1. The molecule has 5 heteroatoms. The molecular weight excluding hydrogens is 222 g/mol. The lowest BCUT2D eigenvalue weighted by Crippen LogP contribution is -2.50. The molecule has 0 saturated carbocycles. The molecule has 1 saturated heterocycles. The lowest BCUT2D eigenvalue weighted by molar-refractivity contribution is 0.114. The summed E-state index contributed by atoms with van der Waals surface area (Å²) in [6, 6.07) is 0.552. The van der Waals surface area contributed by atoms with E-state index in [1.807, 2.05) is 5.38 Å². The number of nitrogens with zero attached hydrogens (tertiary/aromatic N) is 3. The van der Waals surface area contributed by atoms with E-state index in [1.165, 1.54) is 0 Å². The monoisotopic (exact) mass is 241 g/mol. The molecule has 1 N–H and O–H groups in total. The largest absolute Gasteiger partial charge is 0.390 e. The summed E-state index contributed by atoms with van der Waals surface area (Å²) in [6.45, 7) is 3.42. The van der Waals surface area contributed by atoms with E-state index >= 15 is 0 Å². The van der Waals surface area contributed by atoms with Crippen molar-refractivity contribution >= 4 is 11.3 Å². The zero-order valence-electron chi connectivity index (χ0n) is 9.89. The molecule has 1 fully saturated rings. The van der Waals surface area contributed by atoms with Crippen LogP contribution >= 0.6 is 11.3 Å². The number of aromatic nitrogens is 1. The lowest BCUT2D eigenvalue weighted by Gasteiger charge is -2.37. The number of likely N-dealkylation sites (N-methyl/N-ethyl adjacent to an activating group) is 2. The first kappa shape index (κ1) is 12.0. The molecule has 1 aliphatic heterocycles. The van der Waals surface area contributed by atoms with Crippen LogP contribution in [0, 0.1) is 0 Å². The molecule has 1 aromatic heterocycles. The highest BCUT2D eigenvalue weighted by molar-refractivity contribution is 7.09. The number of rotatable bonds is 3. The third-order valence-electron chi connectivity index (χ3n) is 3.15. The van der Waals surface area contributed by atoms with E-state index in [4.69, 9.17) is 5.11 Å². The van der Waals surface area contributed by atoms with Gasteiger partial charge in [0.15, 0.2) is 0 Å². The molecule has 4 nitrogen and oxygen atoms in total. The fourth-order valence-corrected chi connectivity index (χ4v) is 2.90. The van der Waals surface area contributed by atoms with Gasteiger partial charge in [-0.15, -0.1) is 11.3 Å². The van der Waals surface area contributed by atoms with Gasteiger partial charge in [0.05, 0.1) is 17.3 Å². The molecule has 1 aliphatic rings. The Kier molecular flexibility index (Phi) is 3.91. The Morgan fingerprint density at radius 2 is 2.31 bits per heavy atom. The van der Waals surface area contributed by atoms with E-state index in [9.17, 15) is 0 Å². The Labute approximate surface area is 101 Å². The molecule has 2 heterocycles. The average molecular weight is 241 g/mol. The van der Waals surface area contributed by atoms with Crippen LogP contribution in [-0.4, -0.2) is 59.7 Å². The maximum absolute atomic E-state index is 8.98. The smallest absolute Gasteiger partial charge is 0.0945 e. The normalized spacial score (nSPS) is 23.8. The Morgan fingerprint density at radius 1 is 1.50 bits per heavy atom. The second-order valence-corrected chi connectivity index (χ2v) is 5.43. The fourth-order valence-electron chi connectivity index (χ4n) is 2.04. The average Bonchev–Trinajstić information content (AvgIpc) is 2.71. The molecule has 90 valence electrons. The zero-order chi connectivity index (χ0) is 11.5. The minimum Gasteiger partial charge on any atom is -0.390 e. The summed E-state index contributed by atoms with van der Waals surface area (Å²) >= 11 is 1.65. The number of hydrogen-bond donors (Lipinski definition) is 1. The van der Waals surface area contributed by atoms with Gasteiger partial charge in [-0.1, -0.05) is 0 Å². The molecule has 0 radical (unpaired) electrons. The topological polar surface area (TPSA) is 39.6 Å². The van der Waals surface area contributed by atoms with Crippen LogP contribution in [0.4, 0.5) is 0 Å². The SMILES string of the molecule is CN1CCN(C)C(Cc2nc(CO)cs2)C1.